The summed E-state index contributed by atoms with van der Waals surface area (Å²) >= 11 is 1.48. The largest absolute Gasteiger partial charge is 0.481 e. The molecule has 0 rings (SSSR count). The summed E-state index contributed by atoms with van der Waals surface area (Å²) in [6.07, 6.45) is 0.159. The third kappa shape index (κ3) is 17.5. The molecule has 0 fully saturated rings. The van der Waals surface area contributed by atoms with Crippen molar-refractivity contribution in [1.82, 2.24) is 4.90 Å². The Hall–Kier alpha value is -0.720. The highest BCUT2D eigenvalue weighted by molar-refractivity contribution is 8.00. The first kappa shape index (κ1) is 36.3. The number of carboxylic acid groups (broad SMARTS) is 1. The fourth-order valence-corrected chi connectivity index (χ4v) is 6.01. The van der Waals surface area contributed by atoms with Gasteiger partial charge < -0.3 is 24.2 Å². The van der Waals surface area contributed by atoms with E-state index >= 15 is 0 Å². The summed E-state index contributed by atoms with van der Waals surface area (Å²) in [6, 6.07) is 0.215. The summed E-state index contributed by atoms with van der Waals surface area (Å²) in [5, 5.41) is 8.93. The van der Waals surface area contributed by atoms with Crippen molar-refractivity contribution in [3.05, 3.63) is 0 Å². The van der Waals surface area contributed by atoms with Gasteiger partial charge in [-0.15, -0.1) is 0 Å². The zero-order valence-electron chi connectivity index (χ0n) is 24.4. The molecule has 0 saturated carbocycles. The van der Waals surface area contributed by atoms with Gasteiger partial charge in [0.2, 0.25) is 0 Å². The SMILES string of the molecule is CC(C)OC(C)C(=O)C(C)(C)OCCSCCS(=O)(=O)CCOC(C)(C)CCN(CCC(=O)O)C(C)C. The molecule has 0 saturated heterocycles. The molecule has 0 amide bonds. The van der Waals surface area contributed by atoms with E-state index in [0.717, 1.165) is 0 Å². The van der Waals surface area contributed by atoms with Gasteiger partial charge in [0, 0.05) is 30.6 Å². The van der Waals surface area contributed by atoms with Gasteiger partial charge in [-0.1, -0.05) is 0 Å². The van der Waals surface area contributed by atoms with Crippen LogP contribution in [0.3, 0.4) is 0 Å². The van der Waals surface area contributed by atoms with Gasteiger partial charge >= 0.3 is 5.97 Å². The number of thioether (sulfide) groups is 1. The molecule has 0 aliphatic rings. The number of nitrogens with zero attached hydrogens (tertiary/aromatic N) is 1. The van der Waals surface area contributed by atoms with Crippen molar-refractivity contribution in [2.75, 3.05) is 49.3 Å². The Balaban J connectivity index is 4.29. The number of ketones is 1. The van der Waals surface area contributed by atoms with Gasteiger partial charge in [0.05, 0.1) is 42.8 Å². The standard InChI is InChI=1S/C26H51NO8S2/c1-20(2)27(12-10-23(28)29)13-11-25(6,7)33-15-18-37(31,32)19-17-36-16-14-34-26(8,9)24(30)22(5)35-21(3)4/h20-22H,10-19H2,1-9H3,(H,28,29). The monoisotopic (exact) mass is 569 g/mol. The van der Waals surface area contributed by atoms with Gasteiger partial charge in [-0.25, -0.2) is 8.42 Å². The molecule has 0 aromatic rings. The molecule has 0 aliphatic heterocycles. The number of Topliss-reactive ketones (excluding diaryl/α,β-unsaturated/α-hetero) is 1. The van der Waals surface area contributed by atoms with Gasteiger partial charge in [-0.2, -0.15) is 11.8 Å². The van der Waals surface area contributed by atoms with Crippen molar-refractivity contribution >= 4 is 33.4 Å². The molecule has 9 nitrogen and oxygen atoms in total. The molecule has 220 valence electrons. The minimum atomic E-state index is -3.25. The number of aliphatic carboxylic acids is 1. The van der Waals surface area contributed by atoms with Crippen LogP contribution in [0.5, 0.6) is 0 Å². The minimum absolute atomic E-state index is 0.0460. The van der Waals surface area contributed by atoms with E-state index < -0.39 is 33.1 Å². The van der Waals surface area contributed by atoms with Crippen molar-refractivity contribution < 1.29 is 37.3 Å². The molecule has 0 aromatic heterocycles. The van der Waals surface area contributed by atoms with E-state index in [2.05, 4.69) is 4.90 Å². The Morgan fingerprint density at radius 1 is 0.919 bits per heavy atom. The predicted molar refractivity (Wildman–Crippen MR) is 150 cm³/mol. The summed E-state index contributed by atoms with van der Waals surface area (Å²) < 4.78 is 42.0. The van der Waals surface area contributed by atoms with Crippen LogP contribution in [-0.2, 0) is 33.6 Å². The first-order valence-electron chi connectivity index (χ1n) is 13.1. The second-order valence-corrected chi connectivity index (χ2v) is 14.5. The number of carbonyl (C=O) groups excluding carboxylic acids is 1. The molecule has 0 aliphatic carbocycles. The molecular formula is C26H51NO8S2. The molecule has 0 aromatic carbocycles. The van der Waals surface area contributed by atoms with E-state index in [0.29, 0.717) is 37.6 Å². The molecule has 0 heterocycles. The zero-order chi connectivity index (χ0) is 28.9. The van der Waals surface area contributed by atoms with Crippen LogP contribution in [0, 0.1) is 0 Å². The van der Waals surface area contributed by atoms with Crippen molar-refractivity contribution in [2.45, 2.75) is 105 Å². The van der Waals surface area contributed by atoms with E-state index in [9.17, 15) is 18.0 Å². The summed E-state index contributed by atoms with van der Waals surface area (Å²) in [5.41, 5.74) is -1.48. The van der Waals surface area contributed by atoms with Crippen LogP contribution >= 0.6 is 11.8 Å². The maximum absolute atomic E-state index is 12.5. The summed E-state index contributed by atoms with van der Waals surface area (Å²) in [5.74, 6) is 0.105. The number of sulfone groups is 1. The molecule has 37 heavy (non-hydrogen) atoms. The average Bonchev–Trinajstić information content (AvgIpc) is 2.74. The van der Waals surface area contributed by atoms with Crippen LogP contribution in [0.1, 0.15) is 75.2 Å². The average molecular weight is 570 g/mol. The van der Waals surface area contributed by atoms with Crippen molar-refractivity contribution in [1.29, 1.82) is 0 Å². The van der Waals surface area contributed by atoms with E-state index in [-0.39, 0.29) is 42.5 Å². The van der Waals surface area contributed by atoms with Gasteiger partial charge in [0.15, 0.2) is 15.6 Å². The highest BCUT2D eigenvalue weighted by Gasteiger charge is 2.33. The predicted octanol–water partition coefficient (Wildman–Crippen LogP) is 3.68. The van der Waals surface area contributed by atoms with Gasteiger partial charge in [0.25, 0.3) is 0 Å². The van der Waals surface area contributed by atoms with Crippen LogP contribution < -0.4 is 0 Å². The molecule has 0 bridgehead atoms. The van der Waals surface area contributed by atoms with Gasteiger partial charge in [-0.3, -0.25) is 9.59 Å². The van der Waals surface area contributed by atoms with Gasteiger partial charge in [0.1, 0.15) is 11.7 Å². The Morgan fingerprint density at radius 3 is 2.08 bits per heavy atom. The molecule has 1 atom stereocenters. The molecule has 11 heteroatoms. The highest BCUT2D eigenvalue weighted by atomic mass is 32.2. The van der Waals surface area contributed by atoms with E-state index in [1.54, 1.807) is 20.8 Å². The summed E-state index contributed by atoms with van der Waals surface area (Å²) in [7, 11) is -3.25. The van der Waals surface area contributed by atoms with Crippen LogP contribution in [0.25, 0.3) is 0 Å². The zero-order valence-corrected chi connectivity index (χ0v) is 26.0. The van der Waals surface area contributed by atoms with Crippen molar-refractivity contribution in [2.24, 2.45) is 0 Å². The summed E-state index contributed by atoms with van der Waals surface area (Å²) in [6.45, 7) is 18.4. The first-order valence-corrected chi connectivity index (χ1v) is 16.1. The van der Waals surface area contributed by atoms with E-state index in [1.165, 1.54) is 11.8 Å². The fourth-order valence-electron chi connectivity index (χ4n) is 3.57. The Morgan fingerprint density at radius 2 is 1.54 bits per heavy atom. The molecule has 1 unspecified atom stereocenters. The van der Waals surface area contributed by atoms with Crippen LogP contribution in [0.2, 0.25) is 0 Å². The normalized spacial score (nSPS) is 14.1. The molecule has 0 spiro atoms. The lowest BCUT2D eigenvalue weighted by atomic mass is 9.99. The number of carboxylic acids is 1. The second-order valence-electron chi connectivity index (χ2n) is 10.9. The second kappa shape index (κ2) is 17.1. The topological polar surface area (TPSA) is 119 Å². The Bertz CT molecular complexity index is 781. The number of ether oxygens (including phenoxy) is 3. The Labute approximate surface area is 229 Å². The number of hydrogen-bond acceptors (Lipinski definition) is 9. The first-order chi connectivity index (χ1) is 16.9. The summed E-state index contributed by atoms with van der Waals surface area (Å²) in [4.78, 5) is 25.5. The maximum Gasteiger partial charge on any atom is 0.304 e. The fraction of sp³-hybridized carbons (Fsp3) is 0.923. The molecule has 0 radical (unpaired) electrons. The molecule has 1 N–H and O–H groups in total. The lowest BCUT2D eigenvalue weighted by Gasteiger charge is -2.31. The van der Waals surface area contributed by atoms with Crippen LogP contribution in [0.15, 0.2) is 0 Å². The maximum atomic E-state index is 12.5. The Kier molecular flexibility index (Phi) is 16.7. The van der Waals surface area contributed by atoms with Crippen molar-refractivity contribution in [3.63, 3.8) is 0 Å². The lowest BCUT2D eigenvalue weighted by molar-refractivity contribution is -0.153. The number of rotatable bonds is 22. The van der Waals surface area contributed by atoms with Gasteiger partial charge in [-0.05, 0) is 68.7 Å². The lowest BCUT2D eigenvalue weighted by Crippen LogP contribution is -2.43. The van der Waals surface area contributed by atoms with Crippen LogP contribution in [0.4, 0.5) is 0 Å². The highest BCUT2D eigenvalue weighted by Crippen LogP contribution is 2.18. The van der Waals surface area contributed by atoms with Crippen molar-refractivity contribution in [3.8, 4) is 0 Å². The van der Waals surface area contributed by atoms with E-state index in [1.807, 2.05) is 41.5 Å². The van der Waals surface area contributed by atoms with Crippen LogP contribution in [-0.4, -0.2) is 109 Å². The minimum Gasteiger partial charge on any atom is -0.481 e. The quantitative estimate of drug-likeness (QED) is 0.193. The number of hydrogen-bond donors (Lipinski definition) is 1. The number of carbonyl (C=O) groups is 2. The third-order valence-corrected chi connectivity index (χ3v) is 8.72. The van der Waals surface area contributed by atoms with E-state index in [4.69, 9.17) is 19.3 Å². The smallest absolute Gasteiger partial charge is 0.304 e. The third-order valence-electron chi connectivity index (χ3n) is 5.90. The molecular weight excluding hydrogens is 518 g/mol.